The van der Waals surface area contributed by atoms with Crippen molar-refractivity contribution < 1.29 is 4.74 Å². The molecule has 3 heteroatoms. The number of hydrogen-bond acceptors (Lipinski definition) is 2. The molecule has 0 aliphatic carbocycles. The third-order valence-corrected chi connectivity index (χ3v) is 5.88. The van der Waals surface area contributed by atoms with Crippen LogP contribution in [0, 0.1) is 0 Å². The van der Waals surface area contributed by atoms with E-state index in [1.54, 1.807) is 0 Å². The highest BCUT2D eigenvalue weighted by Gasteiger charge is 2.42. The molecule has 2 heterocycles. The van der Waals surface area contributed by atoms with E-state index in [9.17, 15) is 0 Å². The summed E-state index contributed by atoms with van der Waals surface area (Å²) in [7, 11) is 0. The average molecular weight is 372 g/mol. The first-order valence-electron chi connectivity index (χ1n) is 9.75. The van der Waals surface area contributed by atoms with Crippen LogP contribution in [0.1, 0.15) is 56.8 Å². The first kappa shape index (κ1) is 19.4. The maximum atomic E-state index is 6.75. The van der Waals surface area contributed by atoms with Gasteiger partial charge in [-0.25, -0.2) is 0 Å². The molecule has 0 radical (unpaired) electrons. The first-order valence-corrected chi connectivity index (χ1v) is 9.75. The summed E-state index contributed by atoms with van der Waals surface area (Å²) in [5, 5.41) is 0. The Morgan fingerprint density at radius 1 is 0.808 bits per heavy atom. The SMILES string of the molecule is CC(C)N1C2CCC1CC(OC(c1ccccc1)c1ccccc1)C2.Cl. The summed E-state index contributed by atoms with van der Waals surface area (Å²) in [5.41, 5.74) is 2.51. The molecule has 0 saturated carbocycles. The molecule has 0 N–H and O–H groups in total. The Bertz CT molecular complexity index is 622. The Labute approximate surface area is 164 Å². The van der Waals surface area contributed by atoms with E-state index in [4.69, 9.17) is 4.74 Å². The predicted octanol–water partition coefficient (Wildman–Crippen LogP) is 5.62. The van der Waals surface area contributed by atoms with Crippen LogP contribution in [0.3, 0.4) is 0 Å². The zero-order chi connectivity index (χ0) is 17.2. The molecule has 0 spiro atoms. The summed E-state index contributed by atoms with van der Waals surface area (Å²) in [6.07, 6.45) is 5.42. The minimum atomic E-state index is 0. The quantitative estimate of drug-likeness (QED) is 0.676. The van der Waals surface area contributed by atoms with Gasteiger partial charge in [-0.15, -0.1) is 12.4 Å². The van der Waals surface area contributed by atoms with Crippen molar-refractivity contribution in [2.24, 2.45) is 0 Å². The summed E-state index contributed by atoms with van der Waals surface area (Å²) in [6.45, 7) is 4.67. The van der Waals surface area contributed by atoms with Gasteiger partial charge in [-0.3, -0.25) is 4.90 Å². The molecular formula is C23H30ClNO. The van der Waals surface area contributed by atoms with Gasteiger partial charge in [0.15, 0.2) is 0 Å². The second kappa shape index (κ2) is 8.56. The highest BCUT2D eigenvalue weighted by molar-refractivity contribution is 5.85. The maximum absolute atomic E-state index is 6.75. The number of rotatable bonds is 5. The first-order chi connectivity index (χ1) is 12.2. The van der Waals surface area contributed by atoms with E-state index in [1.807, 2.05) is 0 Å². The molecule has 2 unspecified atom stereocenters. The Balaban J connectivity index is 0.00000196. The number of halogens is 1. The second-order valence-electron chi connectivity index (χ2n) is 7.86. The number of ether oxygens (including phenoxy) is 1. The molecule has 26 heavy (non-hydrogen) atoms. The topological polar surface area (TPSA) is 12.5 Å². The summed E-state index contributed by atoms with van der Waals surface area (Å²) < 4.78 is 6.75. The number of benzene rings is 2. The van der Waals surface area contributed by atoms with Crippen LogP contribution in [-0.2, 0) is 4.74 Å². The number of nitrogens with zero attached hydrogens (tertiary/aromatic N) is 1. The normalized spacial score (nSPS) is 25.5. The Morgan fingerprint density at radius 2 is 1.27 bits per heavy atom. The van der Waals surface area contributed by atoms with Crippen molar-refractivity contribution in [3.05, 3.63) is 71.8 Å². The fourth-order valence-corrected chi connectivity index (χ4v) is 4.92. The van der Waals surface area contributed by atoms with Crippen molar-refractivity contribution >= 4 is 12.4 Å². The summed E-state index contributed by atoms with van der Waals surface area (Å²) in [6, 6.07) is 23.4. The monoisotopic (exact) mass is 371 g/mol. The van der Waals surface area contributed by atoms with Gasteiger partial charge in [-0.05, 0) is 50.7 Å². The molecule has 2 aliphatic heterocycles. The third kappa shape index (κ3) is 3.98. The van der Waals surface area contributed by atoms with Crippen molar-refractivity contribution in [2.45, 2.75) is 69.9 Å². The molecule has 2 aromatic rings. The third-order valence-electron chi connectivity index (χ3n) is 5.88. The van der Waals surface area contributed by atoms with Crippen molar-refractivity contribution in [1.29, 1.82) is 0 Å². The van der Waals surface area contributed by atoms with Crippen molar-refractivity contribution in [3.8, 4) is 0 Å². The number of piperidine rings is 1. The van der Waals surface area contributed by atoms with E-state index in [-0.39, 0.29) is 18.5 Å². The van der Waals surface area contributed by atoms with Crippen LogP contribution in [-0.4, -0.2) is 29.1 Å². The molecule has 2 bridgehead atoms. The van der Waals surface area contributed by atoms with Gasteiger partial charge in [0.2, 0.25) is 0 Å². The zero-order valence-electron chi connectivity index (χ0n) is 15.8. The Kier molecular flexibility index (Phi) is 6.39. The molecule has 140 valence electrons. The molecule has 2 aliphatic rings. The van der Waals surface area contributed by atoms with Crippen LogP contribution < -0.4 is 0 Å². The standard InChI is InChI=1S/C23H29NO.ClH/c1-17(2)24-20-13-14-21(24)16-22(15-20)25-23(18-9-5-3-6-10-18)19-11-7-4-8-12-19;/h3-12,17,20-23H,13-16H2,1-2H3;1H. The summed E-state index contributed by atoms with van der Waals surface area (Å²) in [5.74, 6) is 0. The van der Waals surface area contributed by atoms with E-state index >= 15 is 0 Å². The van der Waals surface area contributed by atoms with E-state index < -0.39 is 0 Å². The van der Waals surface area contributed by atoms with Crippen molar-refractivity contribution in [2.75, 3.05) is 0 Å². The van der Waals surface area contributed by atoms with E-state index in [2.05, 4.69) is 79.4 Å². The van der Waals surface area contributed by atoms with Crippen LogP contribution in [0.15, 0.2) is 60.7 Å². The summed E-state index contributed by atoms with van der Waals surface area (Å²) >= 11 is 0. The van der Waals surface area contributed by atoms with Gasteiger partial charge in [-0.1, -0.05) is 60.7 Å². The second-order valence-corrected chi connectivity index (χ2v) is 7.86. The Morgan fingerprint density at radius 3 is 1.69 bits per heavy atom. The summed E-state index contributed by atoms with van der Waals surface area (Å²) in [4.78, 5) is 2.74. The van der Waals surface area contributed by atoms with Crippen LogP contribution >= 0.6 is 12.4 Å². The molecular weight excluding hydrogens is 342 g/mol. The molecule has 2 aromatic carbocycles. The van der Waals surface area contributed by atoms with Crippen LogP contribution in [0.25, 0.3) is 0 Å². The minimum absolute atomic E-state index is 0. The maximum Gasteiger partial charge on any atom is 0.108 e. The molecule has 2 atom stereocenters. The van der Waals surface area contributed by atoms with Gasteiger partial charge in [0.25, 0.3) is 0 Å². The minimum Gasteiger partial charge on any atom is -0.365 e. The molecule has 2 fully saturated rings. The molecule has 4 rings (SSSR count). The number of fused-ring (bicyclic) bond motifs is 2. The van der Waals surface area contributed by atoms with Crippen molar-refractivity contribution in [3.63, 3.8) is 0 Å². The van der Waals surface area contributed by atoms with Crippen LogP contribution in [0.4, 0.5) is 0 Å². The van der Waals surface area contributed by atoms with E-state index in [0.29, 0.717) is 24.2 Å². The lowest BCUT2D eigenvalue weighted by molar-refractivity contribution is -0.0548. The molecule has 0 aromatic heterocycles. The molecule has 0 amide bonds. The van der Waals surface area contributed by atoms with Crippen LogP contribution in [0.5, 0.6) is 0 Å². The van der Waals surface area contributed by atoms with Crippen molar-refractivity contribution in [1.82, 2.24) is 4.90 Å². The number of hydrogen-bond donors (Lipinski definition) is 0. The van der Waals surface area contributed by atoms with Gasteiger partial charge in [0.1, 0.15) is 6.10 Å². The van der Waals surface area contributed by atoms with Gasteiger partial charge in [0.05, 0.1) is 6.10 Å². The van der Waals surface area contributed by atoms with Gasteiger partial charge < -0.3 is 4.74 Å². The predicted molar refractivity (Wildman–Crippen MR) is 110 cm³/mol. The highest BCUT2D eigenvalue weighted by atomic mass is 35.5. The fraction of sp³-hybridized carbons (Fsp3) is 0.478. The van der Waals surface area contributed by atoms with Gasteiger partial charge in [-0.2, -0.15) is 0 Å². The lowest BCUT2D eigenvalue weighted by Gasteiger charge is -2.42. The highest BCUT2D eigenvalue weighted by Crippen LogP contribution is 2.40. The fourth-order valence-electron chi connectivity index (χ4n) is 4.92. The lowest BCUT2D eigenvalue weighted by atomic mass is 9.96. The van der Waals surface area contributed by atoms with Gasteiger partial charge in [0, 0.05) is 18.1 Å². The molecule has 2 nitrogen and oxygen atoms in total. The van der Waals surface area contributed by atoms with Gasteiger partial charge >= 0.3 is 0 Å². The largest absolute Gasteiger partial charge is 0.365 e. The smallest absolute Gasteiger partial charge is 0.108 e. The van der Waals surface area contributed by atoms with E-state index in [1.165, 1.54) is 36.8 Å². The van der Waals surface area contributed by atoms with E-state index in [0.717, 1.165) is 0 Å². The Hall–Kier alpha value is -1.35. The molecule has 2 saturated heterocycles. The van der Waals surface area contributed by atoms with Crippen LogP contribution in [0.2, 0.25) is 0 Å². The average Bonchev–Trinajstić information content (AvgIpc) is 2.92. The lowest BCUT2D eigenvalue weighted by Crippen LogP contribution is -2.48. The zero-order valence-corrected chi connectivity index (χ0v) is 16.6.